The van der Waals surface area contributed by atoms with E-state index in [0.29, 0.717) is 22.5 Å². The lowest BCUT2D eigenvalue weighted by Gasteiger charge is -2.40. The summed E-state index contributed by atoms with van der Waals surface area (Å²) in [7, 11) is 0. The predicted octanol–water partition coefficient (Wildman–Crippen LogP) is 3.25. The zero-order chi connectivity index (χ0) is 24.6. The number of rotatable bonds is 7. The van der Waals surface area contributed by atoms with Crippen LogP contribution in [0.1, 0.15) is 19.4 Å². The first kappa shape index (κ1) is 22.6. The smallest absolute Gasteiger partial charge is 0.143 e. The molecule has 0 aliphatic carbocycles. The first-order chi connectivity index (χ1) is 16.8. The summed E-state index contributed by atoms with van der Waals surface area (Å²) < 4.78 is 20.7. The van der Waals surface area contributed by atoms with Crippen LogP contribution in [0.2, 0.25) is 0 Å². The summed E-state index contributed by atoms with van der Waals surface area (Å²) in [6.45, 7) is 4.91. The number of aromatic nitrogens is 4. The maximum absolute atomic E-state index is 13.3. The van der Waals surface area contributed by atoms with Crippen molar-refractivity contribution in [3.05, 3.63) is 66.6 Å². The Kier molecular flexibility index (Phi) is 5.70. The van der Waals surface area contributed by atoms with E-state index in [-0.39, 0.29) is 18.5 Å². The van der Waals surface area contributed by atoms with Crippen molar-refractivity contribution in [2.24, 2.45) is 0 Å². The summed E-state index contributed by atoms with van der Waals surface area (Å²) in [5.74, 6) is 0.975. The molecule has 0 radical (unpaired) electrons. The summed E-state index contributed by atoms with van der Waals surface area (Å²) >= 11 is 0. The lowest BCUT2D eigenvalue weighted by Crippen LogP contribution is -2.55. The largest absolute Gasteiger partial charge is 0.489 e. The molecule has 0 unspecified atom stereocenters. The number of nitriles is 1. The maximum atomic E-state index is 13.3. The third kappa shape index (κ3) is 4.85. The van der Waals surface area contributed by atoms with Gasteiger partial charge in [0.05, 0.1) is 53.2 Å². The molecule has 5 heterocycles. The van der Waals surface area contributed by atoms with Crippen molar-refractivity contribution in [1.82, 2.24) is 19.6 Å². The molecule has 35 heavy (non-hydrogen) atoms. The van der Waals surface area contributed by atoms with E-state index in [9.17, 15) is 14.8 Å². The van der Waals surface area contributed by atoms with Crippen LogP contribution in [0.5, 0.6) is 5.75 Å². The number of ether oxygens (including phenoxy) is 1. The van der Waals surface area contributed by atoms with Gasteiger partial charge in [0.2, 0.25) is 0 Å². The van der Waals surface area contributed by atoms with E-state index < -0.39 is 5.60 Å². The van der Waals surface area contributed by atoms with E-state index in [1.165, 1.54) is 18.5 Å². The van der Waals surface area contributed by atoms with Crippen molar-refractivity contribution >= 4 is 17.0 Å². The second-order valence-corrected chi connectivity index (χ2v) is 9.20. The van der Waals surface area contributed by atoms with E-state index in [1.54, 1.807) is 37.0 Å². The molecule has 1 fully saturated rings. The fourth-order valence-corrected chi connectivity index (χ4v) is 3.95. The fraction of sp³-hybridized carbons (Fsp3) is 0.280. The van der Waals surface area contributed by atoms with Gasteiger partial charge in [0.15, 0.2) is 0 Å². The number of anilines is 2. The number of hydrogen-bond donors (Lipinski definition) is 2. The zero-order valence-electron chi connectivity index (χ0n) is 19.3. The van der Waals surface area contributed by atoms with E-state index in [2.05, 4.69) is 31.4 Å². The molecule has 0 aromatic carbocycles. The number of fused-ring (bicyclic) bond motifs is 1. The van der Waals surface area contributed by atoms with Crippen LogP contribution >= 0.6 is 0 Å². The van der Waals surface area contributed by atoms with Gasteiger partial charge in [-0.3, -0.25) is 4.98 Å². The van der Waals surface area contributed by atoms with Crippen LogP contribution in [0.25, 0.3) is 16.6 Å². The standard InChI is InChI=1S/C25H24FN7O2/c1-25(2,34)15-35-21-6-22(24-17(7-27)9-30-33(24)14-21)16-3-4-23(29-8-16)32-12-20(13-32)31-19-5-18(26)10-28-11-19/h3-6,8-11,14,20,31,34H,12-13,15H2,1-2H3. The topological polar surface area (TPSA) is 112 Å². The molecular formula is C25H24FN7O2. The second kappa shape index (κ2) is 8.85. The highest BCUT2D eigenvalue weighted by Gasteiger charge is 2.28. The Morgan fingerprint density at radius 1 is 1.23 bits per heavy atom. The summed E-state index contributed by atoms with van der Waals surface area (Å²) in [5, 5.41) is 27.1. The molecule has 1 saturated heterocycles. The van der Waals surface area contributed by atoms with Crippen molar-refractivity contribution in [1.29, 1.82) is 5.26 Å². The zero-order valence-corrected chi connectivity index (χ0v) is 19.3. The number of hydrogen-bond acceptors (Lipinski definition) is 8. The third-order valence-corrected chi connectivity index (χ3v) is 5.64. The first-order valence-corrected chi connectivity index (χ1v) is 11.1. The number of nitrogens with one attached hydrogen (secondary N) is 1. The molecule has 0 bridgehead atoms. The first-order valence-electron chi connectivity index (χ1n) is 11.1. The molecular weight excluding hydrogens is 449 g/mol. The highest BCUT2D eigenvalue weighted by Crippen LogP contribution is 2.32. The van der Waals surface area contributed by atoms with Gasteiger partial charge in [-0.25, -0.2) is 13.9 Å². The number of nitrogens with zero attached hydrogens (tertiary/aromatic N) is 6. The quantitative estimate of drug-likeness (QED) is 0.421. The summed E-state index contributed by atoms with van der Waals surface area (Å²) in [6, 6.07) is 9.49. The monoisotopic (exact) mass is 473 g/mol. The molecule has 4 aromatic rings. The molecule has 4 aromatic heterocycles. The van der Waals surface area contributed by atoms with Gasteiger partial charge in [-0.15, -0.1) is 0 Å². The molecule has 0 saturated carbocycles. The molecule has 1 aliphatic rings. The van der Waals surface area contributed by atoms with Crippen LogP contribution in [0.3, 0.4) is 0 Å². The average Bonchev–Trinajstić information content (AvgIpc) is 3.22. The Morgan fingerprint density at radius 2 is 2.06 bits per heavy atom. The Bertz CT molecular complexity index is 1400. The van der Waals surface area contributed by atoms with E-state index >= 15 is 0 Å². The molecule has 10 heteroatoms. The molecule has 2 N–H and O–H groups in total. The van der Waals surface area contributed by atoms with Crippen molar-refractivity contribution < 1.29 is 14.2 Å². The van der Waals surface area contributed by atoms with Crippen LogP contribution in [-0.2, 0) is 0 Å². The minimum absolute atomic E-state index is 0.108. The van der Waals surface area contributed by atoms with Crippen LogP contribution in [0, 0.1) is 17.1 Å². The fourth-order valence-electron chi connectivity index (χ4n) is 3.95. The molecule has 0 spiro atoms. The molecule has 5 rings (SSSR count). The Hall–Kier alpha value is -4.23. The van der Waals surface area contributed by atoms with Crippen LogP contribution in [0.4, 0.5) is 15.9 Å². The molecule has 0 amide bonds. The van der Waals surface area contributed by atoms with Crippen LogP contribution in [-0.4, -0.2) is 56.0 Å². The van der Waals surface area contributed by atoms with Crippen molar-refractivity contribution in [2.75, 3.05) is 29.9 Å². The average molecular weight is 474 g/mol. The molecule has 178 valence electrons. The van der Waals surface area contributed by atoms with Gasteiger partial charge in [-0.1, -0.05) is 0 Å². The van der Waals surface area contributed by atoms with Gasteiger partial charge in [0, 0.05) is 36.5 Å². The van der Waals surface area contributed by atoms with E-state index in [4.69, 9.17) is 4.74 Å². The lowest BCUT2D eigenvalue weighted by atomic mass is 10.0. The summed E-state index contributed by atoms with van der Waals surface area (Å²) in [6.07, 6.45) is 7.74. The van der Waals surface area contributed by atoms with Gasteiger partial charge < -0.3 is 20.1 Å². The minimum atomic E-state index is -0.991. The van der Waals surface area contributed by atoms with Gasteiger partial charge in [-0.2, -0.15) is 10.4 Å². The lowest BCUT2D eigenvalue weighted by molar-refractivity contribution is 0.0283. The van der Waals surface area contributed by atoms with Gasteiger partial charge >= 0.3 is 0 Å². The number of pyridine rings is 3. The van der Waals surface area contributed by atoms with Crippen LogP contribution < -0.4 is 15.0 Å². The SMILES string of the molecule is CC(C)(O)COc1cc(-c2ccc(N3CC(Nc4cncc(F)c4)C3)nc2)c2c(C#N)cnn2c1. The maximum Gasteiger partial charge on any atom is 0.143 e. The third-order valence-electron chi connectivity index (χ3n) is 5.64. The van der Waals surface area contributed by atoms with Crippen molar-refractivity contribution in [3.63, 3.8) is 0 Å². The van der Waals surface area contributed by atoms with Crippen molar-refractivity contribution in [3.8, 4) is 22.9 Å². The van der Waals surface area contributed by atoms with E-state index in [0.717, 1.165) is 30.0 Å². The molecule has 0 atom stereocenters. The second-order valence-electron chi connectivity index (χ2n) is 9.20. The molecule has 1 aliphatic heterocycles. The predicted molar refractivity (Wildman–Crippen MR) is 129 cm³/mol. The Morgan fingerprint density at radius 3 is 2.74 bits per heavy atom. The Balaban J connectivity index is 1.35. The van der Waals surface area contributed by atoms with Crippen LogP contribution in [0.15, 0.2) is 55.2 Å². The van der Waals surface area contributed by atoms with Crippen molar-refractivity contribution in [2.45, 2.75) is 25.5 Å². The number of aliphatic hydroxyl groups is 1. The number of halogens is 1. The molecule has 9 nitrogen and oxygen atoms in total. The highest BCUT2D eigenvalue weighted by atomic mass is 19.1. The van der Waals surface area contributed by atoms with Gasteiger partial charge in [-0.05, 0) is 32.0 Å². The van der Waals surface area contributed by atoms with Gasteiger partial charge in [0.1, 0.15) is 30.1 Å². The van der Waals surface area contributed by atoms with E-state index in [1.807, 2.05) is 18.2 Å². The normalized spacial score (nSPS) is 14.0. The summed E-state index contributed by atoms with van der Waals surface area (Å²) in [5.41, 5.74) is 2.34. The van der Waals surface area contributed by atoms with Gasteiger partial charge in [0.25, 0.3) is 0 Å². The summed E-state index contributed by atoms with van der Waals surface area (Å²) in [4.78, 5) is 10.6. The minimum Gasteiger partial charge on any atom is -0.489 e. The highest BCUT2D eigenvalue weighted by molar-refractivity contribution is 5.85. The Labute approximate surface area is 201 Å².